The average molecular weight is 319 g/mol. The first-order valence-corrected chi connectivity index (χ1v) is 7.65. The number of nitrogens with one attached hydrogen (secondary N) is 1. The van der Waals surface area contributed by atoms with Gasteiger partial charge in [0.1, 0.15) is 11.6 Å². The Kier molecular flexibility index (Phi) is 4.07. The summed E-state index contributed by atoms with van der Waals surface area (Å²) in [6.45, 7) is 2.10. The second-order valence-electron chi connectivity index (χ2n) is 5.90. The highest BCUT2D eigenvalue weighted by Gasteiger charge is 2.51. The minimum absolute atomic E-state index is 0.0582. The van der Waals surface area contributed by atoms with E-state index in [1.54, 1.807) is 6.92 Å². The van der Waals surface area contributed by atoms with Gasteiger partial charge in [-0.15, -0.1) is 0 Å². The molecule has 2 aliphatic rings. The van der Waals surface area contributed by atoms with Crippen molar-refractivity contribution in [1.29, 1.82) is 0 Å². The molecule has 1 aromatic rings. The van der Waals surface area contributed by atoms with Crippen molar-refractivity contribution in [2.45, 2.75) is 13.3 Å². The summed E-state index contributed by atoms with van der Waals surface area (Å²) >= 11 is 0. The Labute approximate surface area is 133 Å². The zero-order valence-corrected chi connectivity index (χ0v) is 12.7. The molecule has 0 aliphatic heterocycles. The number of amides is 1. The Morgan fingerprint density at radius 1 is 1.30 bits per heavy atom. The molecule has 6 heteroatoms. The quantitative estimate of drug-likeness (QED) is 0.818. The van der Waals surface area contributed by atoms with Crippen LogP contribution in [0.25, 0.3) is 0 Å². The molecular formula is C17H18FNO4. The van der Waals surface area contributed by atoms with Gasteiger partial charge in [0, 0.05) is 6.07 Å². The van der Waals surface area contributed by atoms with E-state index in [2.05, 4.69) is 5.32 Å². The Bertz CT molecular complexity index is 673. The lowest BCUT2D eigenvalue weighted by Gasteiger charge is -2.24. The van der Waals surface area contributed by atoms with Gasteiger partial charge < -0.3 is 15.2 Å². The molecule has 0 radical (unpaired) electrons. The molecule has 2 bridgehead atoms. The van der Waals surface area contributed by atoms with Gasteiger partial charge in [-0.2, -0.15) is 0 Å². The summed E-state index contributed by atoms with van der Waals surface area (Å²) < 4.78 is 18.7. The van der Waals surface area contributed by atoms with Crippen LogP contribution in [0.1, 0.15) is 13.3 Å². The van der Waals surface area contributed by atoms with Gasteiger partial charge in [-0.05, 0) is 37.3 Å². The molecule has 0 spiro atoms. The largest absolute Gasteiger partial charge is 0.492 e. The number of carbonyl (C=O) groups excluding carboxylic acids is 1. The van der Waals surface area contributed by atoms with Gasteiger partial charge in [-0.25, -0.2) is 4.39 Å². The second-order valence-corrected chi connectivity index (χ2v) is 5.90. The number of benzene rings is 1. The van der Waals surface area contributed by atoms with Gasteiger partial charge in [0.05, 0.1) is 24.1 Å². The van der Waals surface area contributed by atoms with Crippen LogP contribution in [0.4, 0.5) is 10.1 Å². The first-order valence-electron chi connectivity index (χ1n) is 7.65. The number of carboxylic acids is 1. The molecule has 2 aliphatic carbocycles. The number of allylic oxidation sites excluding steroid dienone is 2. The Balaban J connectivity index is 1.82. The number of hydrogen-bond donors (Lipinski definition) is 2. The SMILES string of the molecule is CCOc1cc(F)ccc1NC(=O)C1C2C=CC(C2)C1C(=O)O. The molecule has 23 heavy (non-hydrogen) atoms. The predicted molar refractivity (Wildman–Crippen MR) is 81.6 cm³/mol. The normalized spacial score (nSPS) is 27.9. The van der Waals surface area contributed by atoms with Gasteiger partial charge >= 0.3 is 5.97 Å². The number of fused-ring (bicyclic) bond motifs is 2. The summed E-state index contributed by atoms with van der Waals surface area (Å²) in [5.74, 6) is -3.00. The number of halogens is 1. The fourth-order valence-corrected chi connectivity index (χ4v) is 3.61. The van der Waals surface area contributed by atoms with E-state index in [1.807, 2.05) is 12.2 Å². The van der Waals surface area contributed by atoms with Crippen LogP contribution in [-0.4, -0.2) is 23.6 Å². The monoisotopic (exact) mass is 319 g/mol. The van der Waals surface area contributed by atoms with Crippen molar-refractivity contribution in [2.24, 2.45) is 23.7 Å². The number of hydrogen-bond acceptors (Lipinski definition) is 3. The average Bonchev–Trinajstić information content (AvgIpc) is 3.10. The van der Waals surface area contributed by atoms with Crippen molar-refractivity contribution < 1.29 is 23.8 Å². The number of rotatable bonds is 5. The van der Waals surface area contributed by atoms with E-state index in [0.29, 0.717) is 18.7 Å². The second kappa shape index (κ2) is 6.02. The zero-order valence-electron chi connectivity index (χ0n) is 12.7. The van der Waals surface area contributed by atoms with Crippen LogP contribution in [0.3, 0.4) is 0 Å². The highest BCUT2D eigenvalue weighted by molar-refractivity contribution is 5.97. The maximum Gasteiger partial charge on any atom is 0.307 e. The van der Waals surface area contributed by atoms with Crippen molar-refractivity contribution >= 4 is 17.6 Å². The predicted octanol–water partition coefficient (Wildman–Crippen LogP) is 2.69. The maximum absolute atomic E-state index is 13.3. The van der Waals surface area contributed by atoms with Crippen molar-refractivity contribution in [1.82, 2.24) is 0 Å². The lowest BCUT2D eigenvalue weighted by atomic mass is 9.82. The van der Waals surface area contributed by atoms with Crippen LogP contribution >= 0.6 is 0 Å². The molecule has 1 aromatic carbocycles. The first kappa shape index (κ1) is 15.5. The van der Waals surface area contributed by atoms with Crippen LogP contribution in [0.5, 0.6) is 5.75 Å². The van der Waals surface area contributed by atoms with E-state index < -0.39 is 23.6 Å². The van der Waals surface area contributed by atoms with E-state index >= 15 is 0 Å². The molecule has 2 N–H and O–H groups in total. The van der Waals surface area contributed by atoms with Crippen molar-refractivity contribution in [3.05, 3.63) is 36.2 Å². The first-order chi connectivity index (χ1) is 11.0. The van der Waals surface area contributed by atoms with Crippen molar-refractivity contribution in [2.75, 3.05) is 11.9 Å². The molecule has 0 saturated heterocycles. The molecule has 122 valence electrons. The molecule has 3 rings (SSSR count). The summed E-state index contributed by atoms with van der Waals surface area (Å²) in [5.41, 5.74) is 0.356. The van der Waals surface area contributed by atoms with E-state index in [1.165, 1.54) is 18.2 Å². The Hall–Kier alpha value is -2.37. The van der Waals surface area contributed by atoms with Crippen molar-refractivity contribution in [3.63, 3.8) is 0 Å². The molecule has 0 aromatic heterocycles. The fourth-order valence-electron chi connectivity index (χ4n) is 3.61. The minimum Gasteiger partial charge on any atom is -0.492 e. The highest BCUT2D eigenvalue weighted by atomic mass is 19.1. The summed E-state index contributed by atoms with van der Waals surface area (Å²) in [5, 5.41) is 12.1. The third kappa shape index (κ3) is 2.81. The van der Waals surface area contributed by atoms with Gasteiger partial charge in [-0.1, -0.05) is 12.2 Å². The molecule has 1 saturated carbocycles. The van der Waals surface area contributed by atoms with Crippen LogP contribution in [0.15, 0.2) is 30.4 Å². The smallest absolute Gasteiger partial charge is 0.307 e. The number of carbonyl (C=O) groups is 2. The highest BCUT2D eigenvalue weighted by Crippen LogP contribution is 2.48. The molecule has 1 fully saturated rings. The molecule has 4 unspecified atom stereocenters. The molecule has 1 amide bonds. The van der Waals surface area contributed by atoms with Crippen LogP contribution in [-0.2, 0) is 9.59 Å². The summed E-state index contributed by atoms with van der Waals surface area (Å²) in [6, 6.07) is 3.86. The number of carboxylic acid groups (broad SMARTS) is 1. The summed E-state index contributed by atoms with van der Waals surface area (Å²) in [6.07, 6.45) is 4.50. The Morgan fingerprint density at radius 2 is 2.00 bits per heavy atom. The number of anilines is 1. The fraction of sp³-hybridized carbons (Fsp3) is 0.412. The third-order valence-corrected chi connectivity index (χ3v) is 4.55. The summed E-state index contributed by atoms with van der Waals surface area (Å²) in [7, 11) is 0. The Morgan fingerprint density at radius 3 is 2.65 bits per heavy atom. The zero-order chi connectivity index (χ0) is 16.6. The third-order valence-electron chi connectivity index (χ3n) is 4.55. The van der Waals surface area contributed by atoms with Crippen LogP contribution < -0.4 is 10.1 Å². The summed E-state index contributed by atoms with van der Waals surface area (Å²) in [4.78, 5) is 24.1. The van der Waals surface area contributed by atoms with Crippen molar-refractivity contribution in [3.8, 4) is 5.75 Å². The minimum atomic E-state index is -0.953. The molecule has 0 heterocycles. The van der Waals surface area contributed by atoms with E-state index in [4.69, 9.17) is 4.74 Å². The molecule has 5 nitrogen and oxygen atoms in total. The lowest BCUT2D eigenvalue weighted by Crippen LogP contribution is -2.36. The maximum atomic E-state index is 13.3. The van der Waals surface area contributed by atoms with Crippen LogP contribution in [0, 0.1) is 29.5 Å². The van der Waals surface area contributed by atoms with E-state index in [9.17, 15) is 19.1 Å². The van der Waals surface area contributed by atoms with E-state index in [-0.39, 0.29) is 23.5 Å². The van der Waals surface area contributed by atoms with E-state index in [0.717, 1.165) is 0 Å². The van der Waals surface area contributed by atoms with Crippen LogP contribution in [0.2, 0.25) is 0 Å². The number of ether oxygens (including phenoxy) is 1. The topological polar surface area (TPSA) is 75.6 Å². The lowest BCUT2D eigenvalue weighted by molar-refractivity contribution is -0.146. The van der Waals surface area contributed by atoms with Gasteiger partial charge in [0.25, 0.3) is 0 Å². The molecule has 4 atom stereocenters. The standard InChI is InChI=1S/C17H18FNO4/c1-2-23-13-8-11(18)5-6-12(13)19-16(20)14-9-3-4-10(7-9)15(14)17(21)22/h3-6,8-10,14-15H,2,7H2,1H3,(H,19,20)(H,21,22). The van der Waals surface area contributed by atoms with Gasteiger partial charge in [0.2, 0.25) is 5.91 Å². The molecular weight excluding hydrogens is 301 g/mol. The van der Waals surface area contributed by atoms with Gasteiger partial charge in [0.15, 0.2) is 0 Å². The van der Waals surface area contributed by atoms with Gasteiger partial charge in [-0.3, -0.25) is 9.59 Å². The number of aliphatic carboxylic acids is 1.